The molecule has 1 heterocycles. The molecular formula is C18H25FN2O. The zero-order chi connectivity index (χ0) is 15.6. The number of amides is 1. The number of rotatable bonds is 4. The number of nitrogens with one attached hydrogen (secondary N) is 1. The molecule has 1 N–H and O–H groups in total. The third-order valence-corrected chi connectivity index (χ3v) is 5.32. The lowest BCUT2D eigenvalue weighted by Gasteiger charge is -2.41. The summed E-state index contributed by atoms with van der Waals surface area (Å²) < 4.78 is 13.1. The summed E-state index contributed by atoms with van der Waals surface area (Å²) in [6.07, 6.45) is 5.90. The second-order valence-electron chi connectivity index (χ2n) is 6.99. The summed E-state index contributed by atoms with van der Waals surface area (Å²) in [5.41, 5.74) is 0.717. The molecule has 1 amide bonds. The van der Waals surface area contributed by atoms with Crippen LogP contribution < -0.4 is 5.32 Å². The molecule has 1 aliphatic heterocycles. The maximum Gasteiger partial charge on any atom is 0.226 e. The van der Waals surface area contributed by atoms with E-state index in [1.165, 1.54) is 18.6 Å². The van der Waals surface area contributed by atoms with Crippen molar-refractivity contribution in [2.45, 2.75) is 44.6 Å². The van der Waals surface area contributed by atoms with Gasteiger partial charge in [-0.15, -0.1) is 0 Å². The van der Waals surface area contributed by atoms with E-state index in [1.54, 1.807) is 0 Å². The normalized spacial score (nSPS) is 22.1. The first-order valence-electron chi connectivity index (χ1n) is 8.31. The molecule has 0 spiro atoms. The highest BCUT2D eigenvalue weighted by Crippen LogP contribution is 2.36. The average molecular weight is 304 g/mol. The molecular weight excluding hydrogens is 279 g/mol. The number of carbonyl (C=O) groups is 1. The molecule has 0 radical (unpaired) electrons. The maximum atomic E-state index is 13.1. The van der Waals surface area contributed by atoms with Crippen LogP contribution in [0, 0.1) is 11.2 Å². The summed E-state index contributed by atoms with van der Waals surface area (Å²) in [6, 6.07) is 6.97. The minimum absolute atomic E-state index is 0.203. The van der Waals surface area contributed by atoms with Crippen LogP contribution in [-0.2, 0) is 11.2 Å². The maximum absolute atomic E-state index is 13.1. The third kappa shape index (κ3) is 3.32. The van der Waals surface area contributed by atoms with Gasteiger partial charge < -0.3 is 10.2 Å². The highest BCUT2D eigenvalue weighted by Gasteiger charge is 2.41. The number of piperidine rings is 1. The van der Waals surface area contributed by atoms with Crippen LogP contribution in [0.4, 0.5) is 4.39 Å². The van der Waals surface area contributed by atoms with E-state index in [0.717, 1.165) is 44.3 Å². The Balaban J connectivity index is 1.75. The Morgan fingerprint density at radius 3 is 2.45 bits per heavy atom. The van der Waals surface area contributed by atoms with Gasteiger partial charge in [-0.3, -0.25) is 4.79 Å². The summed E-state index contributed by atoms with van der Waals surface area (Å²) in [4.78, 5) is 15.2. The summed E-state index contributed by atoms with van der Waals surface area (Å²) >= 11 is 0. The number of nitrogens with zero attached hydrogens (tertiary/aromatic N) is 1. The molecule has 22 heavy (non-hydrogen) atoms. The van der Waals surface area contributed by atoms with Gasteiger partial charge in [0.1, 0.15) is 5.82 Å². The Morgan fingerprint density at radius 1 is 1.27 bits per heavy atom. The Kier molecular flexibility index (Phi) is 4.48. The molecule has 1 saturated carbocycles. The van der Waals surface area contributed by atoms with Gasteiger partial charge in [0.25, 0.3) is 0 Å². The monoisotopic (exact) mass is 304 g/mol. The van der Waals surface area contributed by atoms with Crippen LogP contribution in [0.5, 0.6) is 0 Å². The highest BCUT2D eigenvalue weighted by atomic mass is 19.1. The molecule has 0 unspecified atom stereocenters. The highest BCUT2D eigenvalue weighted by molar-refractivity contribution is 5.83. The van der Waals surface area contributed by atoms with Gasteiger partial charge in [0.05, 0.1) is 5.41 Å². The first kappa shape index (κ1) is 15.5. The van der Waals surface area contributed by atoms with Gasteiger partial charge >= 0.3 is 0 Å². The fraction of sp³-hybridized carbons (Fsp3) is 0.611. The summed E-state index contributed by atoms with van der Waals surface area (Å²) in [5.74, 6) is -0.0188. The Hall–Kier alpha value is -1.42. The summed E-state index contributed by atoms with van der Waals surface area (Å²) in [7, 11) is 2.10. The van der Waals surface area contributed by atoms with Crippen LogP contribution in [0.1, 0.15) is 37.7 Å². The van der Waals surface area contributed by atoms with Crippen molar-refractivity contribution in [3.8, 4) is 0 Å². The lowest BCUT2D eigenvalue weighted by Crippen LogP contribution is -2.52. The van der Waals surface area contributed by atoms with Gasteiger partial charge in [-0.25, -0.2) is 4.39 Å². The van der Waals surface area contributed by atoms with E-state index in [-0.39, 0.29) is 17.1 Å². The van der Waals surface area contributed by atoms with E-state index in [2.05, 4.69) is 17.3 Å². The van der Waals surface area contributed by atoms with Crippen molar-refractivity contribution in [3.63, 3.8) is 0 Å². The SMILES string of the molecule is CN1CCC(Cc2ccc(F)cc2)(C(=O)NC2CCC2)CC1. The molecule has 1 aromatic rings. The van der Waals surface area contributed by atoms with Crippen LogP contribution >= 0.6 is 0 Å². The standard InChI is InChI=1S/C18H25FN2O/c1-21-11-9-18(10-12-21,17(22)20-16-3-2-4-16)13-14-5-7-15(19)8-6-14/h5-8,16H,2-4,9-13H2,1H3,(H,20,22). The van der Waals surface area contributed by atoms with Crippen LogP contribution in [0.15, 0.2) is 24.3 Å². The molecule has 3 rings (SSSR count). The first-order valence-corrected chi connectivity index (χ1v) is 8.31. The van der Waals surface area contributed by atoms with E-state index in [1.807, 2.05) is 12.1 Å². The van der Waals surface area contributed by atoms with Gasteiger partial charge in [-0.05, 0) is 76.4 Å². The number of benzene rings is 1. The van der Waals surface area contributed by atoms with Gasteiger partial charge in [0.15, 0.2) is 0 Å². The molecule has 120 valence electrons. The third-order valence-electron chi connectivity index (χ3n) is 5.32. The van der Waals surface area contributed by atoms with E-state index in [9.17, 15) is 9.18 Å². The number of hydrogen-bond donors (Lipinski definition) is 1. The average Bonchev–Trinajstić information content (AvgIpc) is 2.48. The lowest BCUT2D eigenvalue weighted by molar-refractivity contribution is -0.135. The van der Waals surface area contributed by atoms with E-state index in [4.69, 9.17) is 0 Å². The van der Waals surface area contributed by atoms with E-state index >= 15 is 0 Å². The van der Waals surface area contributed by atoms with Gasteiger partial charge in [0.2, 0.25) is 5.91 Å². The Morgan fingerprint density at radius 2 is 1.91 bits per heavy atom. The molecule has 0 aromatic heterocycles. The van der Waals surface area contributed by atoms with Crippen molar-refractivity contribution >= 4 is 5.91 Å². The minimum atomic E-state index is -0.333. The Labute approximate surface area is 131 Å². The van der Waals surface area contributed by atoms with Crippen LogP contribution in [0.3, 0.4) is 0 Å². The summed E-state index contributed by atoms with van der Waals surface area (Å²) in [5, 5.41) is 3.24. The number of hydrogen-bond acceptors (Lipinski definition) is 2. The van der Waals surface area contributed by atoms with Crippen molar-refractivity contribution in [2.75, 3.05) is 20.1 Å². The zero-order valence-corrected chi connectivity index (χ0v) is 13.3. The number of likely N-dealkylation sites (tertiary alicyclic amines) is 1. The van der Waals surface area contributed by atoms with Crippen molar-refractivity contribution in [1.29, 1.82) is 0 Å². The predicted molar refractivity (Wildman–Crippen MR) is 85.0 cm³/mol. The van der Waals surface area contributed by atoms with Crippen LogP contribution in [0.2, 0.25) is 0 Å². The van der Waals surface area contributed by atoms with E-state index in [0.29, 0.717) is 12.5 Å². The first-order chi connectivity index (χ1) is 10.6. The molecule has 0 bridgehead atoms. The largest absolute Gasteiger partial charge is 0.353 e. The lowest BCUT2D eigenvalue weighted by atomic mass is 9.72. The fourth-order valence-corrected chi connectivity index (χ4v) is 3.41. The molecule has 4 heteroatoms. The molecule has 1 aromatic carbocycles. The smallest absolute Gasteiger partial charge is 0.226 e. The second-order valence-corrected chi connectivity index (χ2v) is 6.99. The molecule has 3 nitrogen and oxygen atoms in total. The molecule has 1 saturated heterocycles. The van der Waals surface area contributed by atoms with Crippen LogP contribution in [0.25, 0.3) is 0 Å². The van der Waals surface area contributed by atoms with Crippen LogP contribution in [-0.4, -0.2) is 37.0 Å². The van der Waals surface area contributed by atoms with Gasteiger partial charge in [-0.1, -0.05) is 12.1 Å². The van der Waals surface area contributed by atoms with Gasteiger partial charge in [0, 0.05) is 6.04 Å². The molecule has 2 aliphatic rings. The number of carbonyl (C=O) groups excluding carboxylic acids is 1. The van der Waals surface area contributed by atoms with E-state index < -0.39 is 0 Å². The predicted octanol–water partition coefficient (Wildman–Crippen LogP) is 2.75. The topological polar surface area (TPSA) is 32.3 Å². The minimum Gasteiger partial charge on any atom is -0.353 e. The van der Waals surface area contributed by atoms with Crippen molar-refractivity contribution in [3.05, 3.63) is 35.6 Å². The molecule has 2 fully saturated rings. The van der Waals surface area contributed by atoms with Crippen molar-refractivity contribution in [1.82, 2.24) is 10.2 Å². The quantitative estimate of drug-likeness (QED) is 0.927. The van der Waals surface area contributed by atoms with Crippen molar-refractivity contribution < 1.29 is 9.18 Å². The fourth-order valence-electron chi connectivity index (χ4n) is 3.41. The number of halogens is 1. The molecule has 0 atom stereocenters. The van der Waals surface area contributed by atoms with Crippen molar-refractivity contribution in [2.24, 2.45) is 5.41 Å². The molecule has 1 aliphatic carbocycles. The second kappa shape index (κ2) is 6.37. The zero-order valence-electron chi connectivity index (χ0n) is 13.3. The Bertz CT molecular complexity index is 516. The summed E-state index contributed by atoms with van der Waals surface area (Å²) in [6.45, 7) is 1.89. The van der Waals surface area contributed by atoms with Gasteiger partial charge in [-0.2, -0.15) is 0 Å².